The largest absolute Gasteiger partial charge is 0.497 e. The van der Waals surface area contributed by atoms with Crippen molar-refractivity contribution in [1.82, 2.24) is 19.5 Å². The molecule has 4 rings (SSSR count). The molecular formula is C16H13N5OS. The summed E-state index contributed by atoms with van der Waals surface area (Å²) in [7, 11) is 1.63. The molecule has 0 saturated carbocycles. The first-order valence-electron chi connectivity index (χ1n) is 6.94. The van der Waals surface area contributed by atoms with E-state index in [1.54, 1.807) is 24.8 Å². The van der Waals surface area contributed by atoms with Crippen molar-refractivity contribution in [3.05, 3.63) is 47.4 Å². The Labute approximate surface area is 136 Å². The van der Waals surface area contributed by atoms with Crippen molar-refractivity contribution < 1.29 is 4.74 Å². The Morgan fingerprint density at radius 2 is 1.96 bits per heavy atom. The fraction of sp³-hybridized carbons (Fsp3) is 0.0625. The van der Waals surface area contributed by atoms with Crippen molar-refractivity contribution in [3.63, 3.8) is 0 Å². The van der Waals surface area contributed by atoms with E-state index in [-0.39, 0.29) is 0 Å². The quantitative estimate of drug-likeness (QED) is 0.626. The third-order valence-corrected chi connectivity index (χ3v) is 4.23. The molecule has 0 fully saturated rings. The molecule has 3 aromatic heterocycles. The van der Waals surface area contributed by atoms with Crippen LogP contribution in [0.2, 0.25) is 0 Å². The summed E-state index contributed by atoms with van der Waals surface area (Å²) in [6.45, 7) is 0. The molecule has 2 N–H and O–H groups in total. The van der Waals surface area contributed by atoms with Crippen LogP contribution < -0.4 is 10.5 Å². The summed E-state index contributed by atoms with van der Waals surface area (Å²) < 4.78 is 7.09. The number of thiophene rings is 1. The number of hydrogen-bond acceptors (Lipinski definition) is 6. The van der Waals surface area contributed by atoms with Gasteiger partial charge in [-0.05, 0) is 35.7 Å². The molecule has 7 heteroatoms. The van der Waals surface area contributed by atoms with Crippen molar-refractivity contribution >= 4 is 28.3 Å². The first kappa shape index (κ1) is 13.7. The average Bonchev–Trinajstić information content (AvgIpc) is 3.24. The predicted molar refractivity (Wildman–Crippen MR) is 90.9 cm³/mol. The monoisotopic (exact) mass is 323 g/mol. The van der Waals surface area contributed by atoms with E-state index in [1.165, 1.54) is 0 Å². The predicted octanol–water partition coefficient (Wildman–Crippen LogP) is 3.13. The first-order valence-corrected chi connectivity index (χ1v) is 7.88. The van der Waals surface area contributed by atoms with Gasteiger partial charge in [-0.15, -0.1) is 0 Å². The van der Waals surface area contributed by atoms with Gasteiger partial charge in [0.2, 0.25) is 0 Å². The molecule has 0 spiro atoms. The van der Waals surface area contributed by atoms with E-state index in [1.807, 2.05) is 45.7 Å². The number of rotatable bonds is 3. The Balaban J connectivity index is 1.89. The van der Waals surface area contributed by atoms with Gasteiger partial charge in [-0.1, -0.05) is 0 Å². The number of nitrogens with zero attached hydrogens (tertiary/aromatic N) is 4. The van der Waals surface area contributed by atoms with E-state index < -0.39 is 0 Å². The number of imidazole rings is 1. The van der Waals surface area contributed by atoms with Gasteiger partial charge in [0.25, 0.3) is 0 Å². The van der Waals surface area contributed by atoms with Crippen LogP contribution in [0.1, 0.15) is 0 Å². The minimum atomic E-state index is 0.370. The minimum Gasteiger partial charge on any atom is -0.497 e. The Morgan fingerprint density at radius 3 is 2.65 bits per heavy atom. The van der Waals surface area contributed by atoms with Crippen LogP contribution in [0.15, 0.2) is 47.4 Å². The van der Waals surface area contributed by atoms with Crippen LogP contribution in [0.3, 0.4) is 0 Å². The number of methoxy groups -OCH3 is 1. The lowest BCUT2D eigenvalue weighted by Gasteiger charge is -2.05. The number of benzene rings is 1. The van der Waals surface area contributed by atoms with Gasteiger partial charge in [-0.3, -0.25) is 4.57 Å². The maximum absolute atomic E-state index is 6.07. The van der Waals surface area contributed by atoms with Gasteiger partial charge in [0.05, 0.1) is 12.8 Å². The molecule has 0 radical (unpaired) electrons. The van der Waals surface area contributed by atoms with Crippen molar-refractivity contribution in [1.29, 1.82) is 0 Å². The van der Waals surface area contributed by atoms with Crippen molar-refractivity contribution in [2.24, 2.45) is 0 Å². The molecule has 23 heavy (non-hydrogen) atoms. The van der Waals surface area contributed by atoms with E-state index in [9.17, 15) is 0 Å². The molecule has 0 amide bonds. The van der Waals surface area contributed by atoms with Crippen molar-refractivity contribution in [2.75, 3.05) is 12.8 Å². The van der Waals surface area contributed by atoms with Crippen molar-refractivity contribution in [2.45, 2.75) is 0 Å². The zero-order chi connectivity index (χ0) is 15.8. The number of nitrogen functional groups attached to an aromatic ring is 1. The molecule has 3 heterocycles. The molecule has 6 nitrogen and oxygen atoms in total. The Hall–Kier alpha value is -2.93. The first-order chi connectivity index (χ1) is 11.3. The maximum Gasteiger partial charge on any atom is 0.170 e. The Kier molecular flexibility index (Phi) is 3.20. The Morgan fingerprint density at radius 1 is 1.13 bits per heavy atom. The molecule has 4 aromatic rings. The average molecular weight is 323 g/mol. The number of ether oxygens (including phenoxy) is 1. The summed E-state index contributed by atoms with van der Waals surface area (Å²) >= 11 is 1.62. The fourth-order valence-corrected chi connectivity index (χ4v) is 3.00. The van der Waals surface area contributed by atoms with E-state index in [2.05, 4.69) is 15.0 Å². The smallest absolute Gasteiger partial charge is 0.170 e. The lowest BCUT2D eigenvalue weighted by molar-refractivity contribution is 0.415. The van der Waals surface area contributed by atoms with Gasteiger partial charge in [0, 0.05) is 10.9 Å². The zero-order valence-corrected chi connectivity index (χ0v) is 13.1. The van der Waals surface area contributed by atoms with Gasteiger partial charge >= 0.3 is 0 Å². The van der Waals surface area contributed by atoms with E-state index in [4.69, 9.17) is 10.5 Å². The van der Waals surface area contributed by atoms with Crippen LogP contribution in [-0.2, 0) is 0 Å². The fourth-order valence-electron chi connectivity index (χ4n) is 2.37. The zero-order valence-electron chi connectivity index (χ0n) is 12.3. The summed E-state index contributed by atoms with van der Waals surface area (Å²) in [4.78, 5) is 13.4. The molecule has 0 aliphatic heterocycles. The lowest BCUT2D eigenvalue weighted by Crippen LogP contribution is -2.00. The molecule has 0 aliphatic rings. The van der Waals surface area contributed by atoms with Gasteiger partial charge < -0.3 is 10.5 Å². The highest BCUT2D eigenvalue weighted by molar-refractivity contribution is 7.08. The molecule has 0 bridgehead atoms. The highest BCUT2D eigenvalue weighted by atomic mass is 32.1. The molecule has 1 aromatic carbocycles. The number of aromatic nitrogens is 4. The number of fused-ring (bicyclic) bond motifs is 1. The van der Waals surface area contributed by atoms with Crippen LogP contribution in [0, 0.1) is 0 Å². The number of nitrogens with two attached hydrogens (primary N) is 1. The van der Waals surface area contributed by atoms with Crippen molar-refractivity contribution in [3.8, 4) is 22.8 Å². The summed E-state index contributed by atoms with van der Waals surface area (Å²) in [6.07, 6.45) is 1.72. The summed E-state index contributed by atoms with van der Waals surface area (Å²) in [5, 5.41) is 4.04. The SMILES string of the molecule is COc1ccc(-c2nc(N)c3ncn(-c4ccsc4)c3n2)cc1. The standard InChI is InChI=1S/C16H13N5OS/c1-22-12-4-2-10(3-5-12)15-19-14(17)13-16(20-15)21(9-18-13)11-6-7-23-8-11/h2-9H,1H3,(H2,17,19,20). The topological polar surface area (TPSA) is 78.9 Å². The number of anilines is 1. The van der Waals surface area contributed by atoms with Crippen LogP contribution >= 0.6 is 11.3 Å². The Bertz CT molecular complexity index is 960. The molecule has 0 saturated heterocycles. The van der Waals surface area contributed by atoms with E-state index in [0.717, 1.165) is 17.0 Å². The van der Waals surface area contributed by atoms with Gasteiger partial charge in [-0.25, -0.2) is 15.0 Å². The molecule has 0 unspecified atom stereocenters. The third kappa shape index (κ3) is 2.31. The van der Waals surface area contributed by atoms with Crippen LogP contribution in [0.25, 0.3) is 28.2 Å². The van der Waals surface area contributed by atoms with E-state index >= 15 is 0 Å². The molecule has 0 atom stereocenters. The maximum atomic E-state index is 6.07. The minimum absolute atomic E-state index is 0.370. The highest BCUT2D eigenvalue weighted by Crippen LogP contribution is 2.26. The second-order valence-electron chi connectivity index (χ2n) is 4.93. The number of hydrogen-bond donors (Lipinski definition) is 1. The summed E-state index contributed by atoms with van der Waals surface area (Å²) in [5.74, 6) is 1.72. The molecule has 114 valence electrons. The normalized spacial score (nSPS) is 11.0. The van der Waals surface area contributed by atoms with Crippen LogP contribution in [0.5, 0.6) is 5.75 Å². The highest BCUT2D eigenvalue weighted by Gasteiger charge is 2.13. The lowest BCUT2D eigenvalue weighted by atomic mass is 10.2. The molecule has 0 aliphatic carbocycles. The summed E-state index contributed by atoms with van der Waals surface area (Å²) in [6, 6.07) is 9.57. The van der Waals surface area contributed by atoms with Gasteiger partial charge in [0.1, 0.15) is 12.1 Å². The van der Waals surface area contributed by atoms with Crippen LogP contribution in [0.4, 0.5) is 5.82 Å². The second kappa shape index (κ2) is 5.36. The van der Waals surface area contributed by atoms with Gasteiger partial charge in [0.15, 0.2) is 22.8 Å². The molecular weight excluding hydrogens is 310 g/mol. The second-order valence-corrected chi connectivity index (χ2v) is 5.71. The van der Waals surface area contributed by atoms with Gasteiger partial charge in [-0.2, -0.15) is 11.3 Å². The van der Waals surface area contributed by atoms with Crippen LogP contribution in [-0.4, -0.2) is 26.6 Å². The summed E-state index contributed by atoms with van der Waals surface area (Å²) in [5.41, 5.74) is 9.25. The third-order valence-electron chi connectivity index (χ3n) is 3.56. The van der Waals surface area contributed by atoms with E-state index in [0.29, 0.717) is 22.8 Å².